The first-order valence-corrected chi connectivity index (χ1v) is 4.49. The van der Waals surface area contributed by atoms with Gasteiger partial charge < -0.3 is 10.6 Å². The summed E-state index contributed by atoms with van der Waals surface area (Å²) in [7, 11) is 0. The molecule has 1 aromatic heterocycles. The van der Waals surface area contributed by atoms with E-state index >= 15 is 0 Å². The fourth-order valence-electron chi connectivity index (χ4n) is 1.18. The molecule has 0 bridgehead atoms. The van der Waals surface area contributed by atoms with Crippen LogP contribution in [0.2, 0.25) is 0 Å². The van der Waals surface area contributed by atoms with Gasteiger partial charge in [-0.1, -0.05) is 0 Å². The third kappa shape index (κ3) is 3.04. The zero-order chi connectivity index (χ0) is 12.8. The first kappa shape index (κ1) is 12.2. The van der Waals surface area contributed by atoms with E-state index in [1.807, 2.05) is 12.1 Å². The lowest BCUT2D eigenvalue weighted by molar-refractivity contribution is -0.384. The highest BCUT2D eigenvalue weighted by Gasteiger charge is 2.14. The molecule has 86 valence electrons. The fourth-order valence-corrected chi connectivity index (χ4v) is 1.18. The Morgan fingerprint density at radius 3 is 2.47 bits per heavy atom. The van der Waals surface area contributed by atoms with Crippen LogP contribution in [0.15, 0.2) is 12.1 Å². The molecular formula is C9H8N6O2. The Kier molecular flexibility index (Phi) is 3.79. The van der Waals surface area contributed by atoms with Crippen LogP contribution in [0.3, 0.4) is 0 Å². The van der Waals surface area contributed by atoms with Crippen LogP contribution in [0, 0.1) is 32.8 Å². The van der Waals surface area contributed by atoms with Crippen molar-refractivity contribution in [2.24, 2.45) is 0 Å². The van der Waals surface area contributed by atoms with Gasteiger partial charge in [-0.05, 0) is 0 Å². The summed E-state index contributed by atoms with van der Waals surface area (Å²) in [6.45, 7) is -0.192. The summed E-state index contributed by atoms with van der Waals surface area (Å²) in [6.07, 6.45) is 0. The molecule has 1 aromatic rings. The summed E-state index contributed by atoms with van der Waals surface area (Å²) >= 11 is 0. The smallest absolute Gasteiger partial charge is 0.276 e. The SMILES string of the molecule is N#CCN(CC#N)c1cc([N+](=O)[O-])cc(N)n1. The van der Waals surface area contributed by atoms with E-state index in [-0.39, 0.29) is 30.4 Å². The lowest BCUT2D eigenvalue weighted by Gasteiger charge is -2.16. The summed E-state index contributed by atoms with van der Waals surface area (Å²) < 4.78 is 0. The van der Waals surface area contributed by atoms with Gasteiger partial charge in [0.05, 0.1) is 29.2 Å². The van der Waals surface area contributed by atoms with Crippen LogP contribution in [0.4, 0.5) is 17.3 Å². The van der Waals surface area contributed by atoms with E-state index < -0.39 is 4.92 Å². The molecule has 0 aliphatic heterocycles. The molecule has 0 amide bonds. The Bertz CT molecular complexity index is 499. The van der Waals surface area contributed by atoms with Gasteiger partial charge in [0, 0.05) is 0 Å². The number of aromatic nitrogens is 1. The highest BCUT2D eigenvalue weighted by molar-refractivity contribution is 5.54. The molecule has 0 radical (unpaired) electrons. The minimum atomic E-state index is -0.613. The van der Waals surface area contributed by atoms with Gasteiger partial charge in [0.15, 0.2) is 0 Å². The zero-order valence-electron chi connectivity index (χ0n) is 8.70. The number of pyridine rings is 1. The van der Waals surface area contributed by atoms with Crippen molar-refractivity contribution < 1.29 is 4.92 Å². The van der Waals surface area contributed by atoms with E-state index in [1.54, 1.807) is 0 Å². The maximum atomic E-state index is 10.6. The lowest BCUT2D eigenvalue weighted by atomic mass is 10.3. The molecule has 1 heterocycles. The molecule has 0 aliphatic carbocycles. The number of nitrogens with two attached hydrogens (primary N) is 1. The van der Waals surface area contributed by atoms with Crippen LogP contribution >= 0.6 is 0 Å². The van der Waals surface area contributed by atoms with Crippen molar-refractivity contribution in [2.75, 3.05) is 23.7 Å². The third-order valence-electron chi connectivity index (χ3n) is 1.87. The summed E-state index contributed by atoms with van der Waals surface area (Å²) in [5.74, 6) is 0.106. The monoisotopic (exact) mass is 232 g/mol. The number of hydrogen-bond donors (Lipinski definition) is 1. The molecule has 0 aliphatic rings. The molecule has 0 saturated heterocycles. The minimum Gasteiger partial charge on any atom is -0.383 e. The summed E-state index contributed by atoms with van der Waals surface area (Å²) in [6, 6.07) is 5.97. The normalized spacial score (nSPS) is 9.06. The van der Waals surface area contributed by atoms with Crippen molar-refractivity contribution in [3.63, 3.8) is 0 Å². The second-order valence-corrected chi connectivity index (χ2v) is 3.04. The van der Waals surface area contributed by atoms with Crippen molar-refractivity contribution in [3.05, 3.63) is 22.2 Å². The molecule has 0 spiro atoms. The molecule has 0 unspecified atom stereocenters. The van der Waals surface area contributed by atoms with Crippen LogP contribution < -0.4 is 10.6 Å². The average molecular weight is 232 g/mol. The molecule has 0 atom stereocenters. The second-order valence-electron chi connectivity index (χ2n) is 3.04. The van der Waals surface area contributed by atoms with Gasteiger partial charge in [-0.25, -0.2) is 4.98 Å². The number of anilines is 2. The molecule has 0 aromatic carbocycles. The van der Waals surface area contributed by atoms with Crippen LogP contribution in [0.5, 0.6) is 0 Å². The molecular weight excluding hydrogens is 224 g/mol. The van der Waals surface area contributed by atoms with Crippen molar-refractivity contribution >= 4 is 17.3 Å². The maximum absolute atomic E-state index is 10.6. The summed E-state index contributed by atoms with van der Waals surface area (Å²) in [4.78, 5) is 15.2. The van der Waals surface area contributed by atoms with Gasteiger partial charge in [-0.15, -0.1) is 0 Å². The average Bonchev–Trinajstić information content (AvgIpc) is 2.28. The Morgan fingerprint density at radius 1 is 1.41 bits per heavy atom. The van der Waals surface area contributed by atoms with Crippen LogP contribution in [-0.4, -0.2) is 23.0 Å². The van der Waals surface area contributed by atoms with E-state index in [1.165, 1.54) is 11.0 Å². The summed E-state index contributed by atoms with van der Waals surface area (Å²) in [5, 5.41) is 27.8. The first-order valence-electron chi connectivity index (χ1n) is 4.49. The lowest BCUT2D eigenvalue weighted by Crippen LogP contribution is -2.25. The third-order valence-corrected chi connectivity index (χ3v) is 1.87. The Morgan fingerprint density at radius 2 is 2.00 bits per heavy atom. The van der Waals surface area contributed by atoms with Crippen molar-refractivity contribution in [2.45, 2.75) is 0 Å². The van der Waals surface area contributed by atoms with Crippen molar-refractivity contribution in [1.29, 1.82) is 10.5 Å². The minimum absolute atomic E-state index is 0.0323. The fraction of sp³-hybridized carbons (Fsp3) is 0.222. The maximum Gasteiger partial charge on any atom is 0.276 e. The number of nitriles is 2. The van der Waals surface area contributed by atoms with Gasteiger partial charge in [-0.3, -0.25) is 10.1 Å². The largest absolute Gasteiger partial charge is 0.383 e. The zero-order valence-corrected chi connectivity index (χ0v) is 8.70. The molecule has 8 nitrogen and oxygen atoms in total. The summed E-state index contributed by atoms with van der Waals surface area (Å²) in [5.41, 5.74) is 5.19. The molecule has 0 fully saturated rings. The van der Waals surface area contributed by atoms with Gasteiger partial charge >= 0.3 is 0 Å². The van der Waals surface area contributed by atoms with Crippen molar-refractivity contribution in [3.8, 4) is 12.1 Å². The van der Waals surface area contributed by atoms with Crippen LogP contribution in [-0.2, 0) is 0 Å². The Balaban J connectivity index is 3.15. The van der Waals surface area contributed by atoms with Crippen LogP contribution in [0.1, 0.15) is 0 Å². The first-order chi connectivity index (χ1) is 8.08. The van der Waals surface area contributed by atoms with Gasteiger partial charge in [0.2, 0.25) is 0 Å². The predicted octanol–water partition coefficient (Wildman–Crippen LogP) is 0.426. The van der Waals surface area contributed by atoms with E-state index in [2.05, 4.69) is 4.98 Å². The molecule has 17 heavy (non-hydrogen) atoms. The van der Waals surface area contributed by atoms with Crippen LogP contribution in [0.25, 0.3) is 0 Å². The number of nitrogens with zero attached hydrogens (tertiary/aromatic N) is 5. The standard InChI is InChI=1S/C9H8N6O2/c10-1-3-14(4-2-11)9-6-7(15(16)17)5-8(12)13-9/h5-6H,3-4H2,(H2,12,13). The molecule has 1 rings (SSSR count). The highest BCUT2D eigenvalue weighted by Crippen LogP contribution is 2.21. The van der Waals surface area contributed by atoms with Gasteiger partial charge in [0.25, 0.3) is 5.69 Å². The highest BCUT2D eigenvalue weighted by atomic mass is 16.6. The number of hydrogen-bond acceptors (Lipinski definition) is 7. The molecule has 0 saturated carbocycles. The molecule has 8 heteroatoms. The second kappa shape index (κ2) is 5.28. The Hall–Kier alpha value is -2.87. The quantitative estimate of drug-likeness (QED) is 0.451. The van der Waals surface area contributed by atoms with Crippen molar-refractivity contribution in [1.82, 2.24) is 4.98 Å². The van der Waals surface area contributed by atoms with E-state index in [9.17, 15) is 10.1 Å². The number of nitro groups is 1. The van der Waals surface area contributed by atoms with E-state index in [0.717, 1.165) is 6.07 Å². The van der Waals surface area contributed by atoms with E-state index in [0.29, 0.717) is 0 Å². The van der Waals surface area contributed by atoms with E-state index in [4.69, 9.17) is 16.3 Å². The van der Waals surface area contributed by atoms with Gasteiger partial charge in [-0.2, -0.15) is 10.5 Å². The number of nitrogen functional groups attached to an aromatic ring is 1. The Labute approximate surface area is 96.6 Å². The predicted molar refractivity (Wildman–Crippen MR) is 58.7 cm³/mol. The van der Waals surface area contributed by atoms with Gasteiger partial charge in [0.1, 0.15) is 24.7 Å². The number of rotatable bonds is 4. The molecule has 2 N–H and O–H groups in total. The topological polar surface area (TPSA) is 133 Å².